The van der Waals surface area contributed by atoms with Gasteiger partial charge in [0.1, 0.15) is 0 Å². The molecule has 0 amide bonds. The van der Waals surface area contributed by atoms with Gasteiger partial charge in [0.2, 0.25) is 0 Å². The van der Waals surface area contributed by atoms with Crippen LogP contribution in [0.4, 0.5) is 0 Å². The molecule has 0 aromatic carbocycles. The van der Waals surface area contributed by atoms with Crippen molar-refractivity contribution >= 4 is 74.8 Å². The first-order valence-electron chi connectivity index (χ1n) is 1.41. The molecule has 0 saturated heterocycles. The Morgan fingerprint density at radius 1 is 0.727 bits per heavy atom. The second-order valence-corrected chi connectivity index (χ2v) is 0.866. The van der Waals surface area contributed by atoms with Crippen molar-refractivity contribution in [2.75, 3.05) is 0 Å². The van der Waals surface area contributed by atoms with Gasteiger partial charge in [0.05, 0.1) is 0 Å². The van der Waals surface area contributed by atoms with E-state index < -0.39 is 46.5 Å². The van der Waals surface area contributed by atoms with Gasteiger partial charge in [0.25, 0.3) is 0 Å². The molecule has 11 heteroatoms. The summed E-state index contributed by atoms with van der Waals surface area (Å²) in [6, 6.07) is 0. The monoisotopic (exact) mass is 236 g/mol. The molecule has 0 aromatic rings. The van der Waals surface area contributed by atoms with E-state index in [0.717, 1.165) is 0 Å². The quantitative estimate of drug-likeness (QED) is 0.385. The van der Waals surface area contributed by atoms with E-state index >= 15 is 0 Å². The van der Waals surface area contributed by atoms with Crippen molar-refractivity contribution in [3.63, 3.8) is 0 Å². The molecule has 0 atom stereocenters. The van der Waals surface area contributed by atoms with Crippen molar-refractivity contribution in [2.24, 2.45) is 0 Å². The summed E-state index contributed by atoms with van der Waals surface area (Å²) in [4.78, 5) is 0. The van der Waals surface area contributed by atoms with Gasteiger partial charge in [-0.25, -0.2) is 0 Å². The minimum atomic E-state index is -1.75. The van der Waals surface area contributed by atoms with Crippen molar-refractivity contribution in [2.45, 2.75) is 0 Å². The molecule has 0 bridgehead atoms. The summed E-state index contributed by atoms with van der Waals surface area (Å²) in [5, 5.41) is 0. The molecule has 0 N–H and O–H groups in total. The molecule has 0 heterocycles. The molecule has 0 saturated carbocycles. The third-order valence-corrected chi connectivity index (χ3v) is 0. The van der Waals surface area contributed by atoms with Crippen LogP contribution < -0.4 is 12.5 Å². The third-order valence-electron chi connectivity index (χ3n) is 0. The maximum Gasteiger partial charge on any atom is -0.0149 e. The standard InChI is InChI=1S/4Al.6O.H4Si/h;;;;;;;;;;1H4/q;;;+3;;;;3*-1;. The first-order valence-corrected chi connectivity index (χ1v) is 4.24. The molecule has 56 valence electrons. The van der Waals surface area contributed by atoms with Crippen LogP contribution in [-0.4, -0.2) is 74.8 Å². The van der Waals surface area contributed by atoms with Crippen molar-refractivity contribution < 1.29 is 23.9 Å². The summed E-state index contributed by atoms with van der Waals surface area (Å²) in [5.74, 6) is 0. The summed E-state index contributed by atoms with van der Waals surface area (Å²) >= 11 is -5.25. The minimum absolute atomic E-state index is 0. The second kappa shape index (κ2) is 66.7. The number of hydrogen-bond donors (Lipinski definition) is 0. The van der Waals surface area contributed by atoms with Crippen molar-refractivity contribution in [3.8, 4) is 0 Å². The Bertz CT molecular complexity index is 51.3. The van der Waals surface area contributed by atoms with Crippen LogP contribution in [0, 0.1) is 0 Å². The SMILES string of the molecule is [Al+3].[O]=[Al][O-].[O]=[Al][O-].[O]=[Al][O-].[SiH4]. The maximum atomic E-state index is 8.46. The van der Waals surface area contributed by atoms with Crippen LogP contribution in [0.25, 0.3) is 0 Å². The summed E-state index contributed by atoms with van der Waals surface area (Å²) in [6.07, 6.45) is 0. The molecule has 0 spiro atoms. The first kappa shape index (κ1) is 29.5. The van der Waals surface area contributed by atoms with E-state index in [2.05, 4.69) is 0 Å². The van der Waals surface area contributed by atoms with Gasteiger partial charge in [0.15, 0.2) is 0 Å². The van der Waals surface area contributed by atoms with Crippen molar-refractivity contribution in [1.29, 1.82) is 0 Å². The molecule has 0 unspecified atom stereocenters. The molecule has 0 aliphatic heterocycles. The summed E-state index contributed by atoms with van der Waals surface area (Å²) in [6.45, 7) is 0. The molecule has 6 nitrogen and oxygen atoms in total. The number of rotatable bonds is 0. The average Bonchev–Trinajstić information content (AvgIpc) is 1.70. The van der Waals surface area contributed by atoms with Gasteiger partial charge in [0, 0.05) is 0 Å². The molecule has 0 rings (SSSR count). The summed E-state index contributed by atoms with van der Waals surface area (Å²) in [7, 11) is 0. The van der Waals surface area contributed by atoms with Crippen LogP contribution in [0.5, 0.6) is 0 Å². The molecular formula is H4Al4O6Si. The van der Waals surface area contributed by atoms with E-state index in [9.17, 15) is 0 Å². The van der Waals surface area contributed by atoms with Crippen LogP contribution in [0.15, 0.2) is 0 Å². The molecule has 0 aromatic heterocycles. The Kier molecular flexibility index (Phi) is 179. The Morgan fingerprint density at radius 2 is 0.727 bits per heavy atom. The van der Waals surface area contributed by atoms with Gasteiger partial charge in [-0.1, -0.05) is 0 Å². The van der Waals surface area contributed by atoms with Crippen LogP contribution in [0.1, 0.15) is 0 Å². The predicted molar refractivity (Wildman–Crippen MR) is 36.4 cm³/mol. The number of hydrogen-bond acceptors (Lipinski definition) is 6. The van der Waals surface area contributed by atoms with Gasteiger partial charge in [-0.2, -0.15) is 0 Å². The van der Waals surface area contributed by atoms with E-state index in [4.69, 9.17) is 23.9 Å². The van der Waals surface area contributed by atoms with E-state index in [1.54, 1.807) is 0 Å². The van der Waals surface area contributed by atoms with Crippen LogP contribution in [0.2, 0.25) is 0 Å². The molecule has 0 aliphatic rings. The topological polar surface area (TPSA) is 120 Å². The fraction of sp³-hybridized carbons (Fsp3) is 0. The van der Waals surface area contributed by atoms with E-state index in [0.29, 0.717) is 0 Å². The molecule has 11 heavy (non-hydrogen) atoms. The average molecular weight is 236 g/mol. The minimum Gasteiger partial charge on any atom is -0.0149 e. The van der Waals surface area contributed by atoms with Crippen LogP contribution >= 0.6 is 0 Å². The molecule has 0 aliphatic carbocycles. The van der Waals surface area contributed by atoms with Gasteiger partial charge < -0.3 is 0 Å². The molecule has 0 radical (unpaired) electrons. The summed E-state index contributed by atoms with van der Waals surface area (Å²) in [5.41, 5.74) is 0. The fourth-order valence-corrected chi connectivity index (χ4v) is 0. The Balaban J connectivity index is -0.0000000150. The fourth-order valence-electron chi connectivity index (χ4n) is 0. The zero-order valence-electron chi connectivity index (χ0n) is 4.76. The summed E-state index contributed by atoms with van der Waals surface area (Å²) < 4.78 is 50.8. The Morgan fingerprint density at radius 3 is 0.727 bits per heavy atom. The normalized spacial score (nSPS) is 2.18. The predicted octanol–water partition coefficient (Wildman–Crippen LogP) is -6.90. The van der Waals surface area contributed by atoms with Gasteiger partial charge in [-0.15, -0.1) is 0 Å². The zero-order valence-corrected chi connectivity index (χ0v) is 9.38. The maximum absolute atomic E-state index is 8.46. The van der Waals surface area contributed by atoms with E-state index in [-0.39, 0.29) is 28.3 Å². The smallest absolute Gasteiger partial charge is 0.0149 e. The van der Waals surface area contributed by atoms with Crippen LogP contribution in [0.3, 0.4) is 0 Å². The Labute approximate surface area is 97.9 Å². The third kappa shape index (κ3) is 709. The molecule has 0 fully saturated rings. The van der Waals surface area contributed by atoms with Crippen molar-refractivity contribution in [3.05, 3.63) is 0 Å². The van der Waals surface area contributed by atoms with Gasteiger partial charge in [-0.3, -0.25) is 0 Å². The van der Waals surface area contributed by atoms with Crippen molar-refractivity contribution in [1.82, 2.24) is 0 Å². The largest absolute Gasteiger partial charge is 0.0149 e. The van der Waals surface area contributed by atoms with Gasteiger partial charge >= 0.3 is 87.7 Å². The van der Waals surface area contributed by atoms with Gasteiger partial charge in [-0.05, 0) is 11.0 Å². The van der Waals surface area contributed by atoms with E-state index in [1.807, 2.05) is 0 Å². The van der Waals surface area contributed by atoms with Crippen LogP contribution in [-0.2, 0) is 11.4 Å². The Hall–Kier alpha value is 1.15. The molecular weight excluding hydrogens is 232 g/mol. The zero-order chi connectivity index (χ0) is 8.12. The van der Waals surface area contributed by atoms with E-state index in [1.165, 1.54) is 0 Å². The second-order valence-electron chi connectivity index (χ2n) is 0.289. The first-order chi connectivity index (χ1) is 4.24.